The molecule has 1 unspecified atom stereocenters. The minimum atomic E-state index is -0.620. The van der Waals surface area contributed by atoms with Crippen LogP contribution in [0.4, 0.5) is 0 Å². The smallest absolute Gasteiger partial charge is 0.309 e. The highest BCUT2D eigenvalue weighted by atomic mass is 16.6. The predicted molar refractivity (Wildman–Crippen MR) is 159 cm³/mol. The highest BCUT2D eigenvalue weighted by molar-refractivity contribution is 5.75. The maximum absolute atomic E-state index is 13.6. The first-order valence-electron chi connectivity index (χ1n) is 17.1. The van der Waals surface area contributed by atoms with Gasteiger partial charge in [0.25, 0.3) is 0 Å². The van der Waals surface area contributed by atoms with Crippen molar-refractivity contribution in [2.24, 2.45) is 58.2 Å². The molecule has 0 spiro atoms. The summed E-state index contributed by atoms with van der Waals surface area (Å²) in [6.45, 7) is 18.1. The fourth-order valence-electron chi connectivity index (χ4n) is 10.6. The van der Waals surface area contributed by atoms with Crippen LogP contribution >= 0.6 is 0 Å². The summed E-state index contributed by atoms with van der Waals surface area (Å²) >= 11 is 0. The summed E-state index contributed by atoms with van der Waals surface area (Å²) in [5.41, 5.74) is -0.186. The van der Waals surface area contributed by atoms with Gasteiger partial charge in [-0.1, -0.05) is 61.8 Å². The van der Waals surface area contributed by atoms with Crippen molar-refractivity contribution in [1.29, 1.82) is 0 Å². The minimum absolute atomic E-state index is 0.178. The molecule has 13 atom stereocenters. The van der Waals surface area contributed by atoms with Crippen LogP contribution in [0, 0.1) is 58.2 Å². The van der Waals surface area contributed by atoms with Crippen LogP contribution in [-0.2, 0) is 33.3 Å². The molecule has 0 aromatic heterocycles. The topological polar surface area (TPSA) is 91.4 Å². The first-order chi connectivity index (χ1) is 19.9. The quantitative estimate of drug-likeness (QED) is 0.167. The normalized spacial score (nSPS) is 44.1. The molecule has 3 saturated carbocycles. The third-order valence-corrected chi connectivity index (χ3v) is 13.0. The second-order valence-corrected chi connectivity index (χ2v) is 15.2. The van der Waals surface area contributed by atoms with Crippen molar-refractivity contribution in [2.45, 2.75) is 138 Å². The molecule has 2 saturated heterocycles. The van der Waals surface area contributed by atoms with E-state index in [1.54, 1.807) is 13.8 Å². The van der Waals surface area contributed by atoms with Gasteiger partial charge < -0.3 is 18.9 Å². The molecule has 0 bridgehead atoms. The maximum atomic E-state index is 13.6. The number of ether oxygens (including phenoxy) is 4. The number of esters is 3. The van der Waals surface area contributed by atoms with Gasteiger partial charge in [0.05, 0.1) is 24.7 Å². The van der Waals surface area contributed by atoms with Gasteiger partial charge in [-0.15, -0.1) is 0 Å². The Bertz CT molecular complexity index is 1020. The van der Waals surface area contributed by atoms with E-state index in [-0.39, 0.29) is 53.4 Å². The molecule has 238 valence electrons. The van der Waals surface area contributed by atoms with E-state index in [0.29, 0.717) is 67.2 Å². The fourth-order valence-corrected chi connectivity index (χ4v) is 10.6. The molecule has 2 heterocycles. The summed E-state index contributed by atoms with van der Waals surface area (Å²) in [6, 6.07) is 0. The second-order valence-electron chi connectivity index (χ2n) is 15.2. The van der Waals surface area contributed by atoms with Crippen molar-refractivity contribution in [3.63, 3.8) is 0 Å². The highest BCUT2D eigenvalue weighted by Crippen LogP contribution is 2.67. The van der Waals surface area contributed by atoms with Crippen molar-refractivity contribution < 1.29 is 33.3 Å². The Morgan fingerprint density at radius 2 is 1.55 bits per heavy atom. The number of hydrogen-bond acceptors (Lipinski definition) is 7. The number of rotatable bonds is 9. The molecule has 0 aromatic carbocycles. The number of hydrogen-bond donors (Lipinski definition) is 0. The Morgan fingerprint density at radius 1 is 0.905 bits per heavy atom. The zero-order valence-corrected chi connectivity index (χ0v) is 27.4. The van der Waals surface area contributed by atoms with E-state index in [0.717, 1.165) is 25.7 Å². The van der Waals surface area contributed by atoms with Crippen molar-refractivity contribution in [1.82, 2.24) is 0 Å². The van der Waals surface area contributed by atoms with Crippen LogP contribution in [-0.4, -0.2) is 48.9 Å². The van der Waals surface area contributed by atoms with Gasteiger partial charge in [-0.05, 0) is 84.4 Å². The van der Waals surface area contributed by atoms with Gasteiger partial charge in [0, 0.05) is 19.3 Å². The van der Waals surface area contributed by atoms with Gasteiger partial charge in [-0.25, -0.2) is 0 Å². The first kappa shape index (κ1) is 31.8. The van der Waals surface area contributed by atoms with Crippen molar-refractivity contribution in [3.05, 3.63) is 0 Å². The average molecular weight is 589 g/mol. The van der Waals surface area contributed by atoms with Crippen molar-refractivity contribution in [2.75, 3.05) is 6.61 Å². The molecule has 0 N–H and O–H groups in total. The predicted octanol–water partition coefficient (Wildman–Crippen LogP) is 6.75. The van der Waals surface area contributed by atoms with Gasteiger partial charge in [-0.2, -0.15) is 0 Å². The van der Waals surface area contributed by atoms with Crippen LogP contribution < -0.4 is 0 Å². The van der Waals surface area contributed by atoms with E-state index in [4.69, 9.17) is 18.9 Å². The SMILES string of the molecule is CCC(=O)O[C@H]1C[C@@H]2C(=O)OC[C@@H]3[C@H](CC[C@]4(C)[C@@H]([C@H](C)[C@H]5O[C@@H]5C(CC)C(C)C)CC[C@@H]34)[C@@]2(C)C[C@H]1OC(=O)CC. The number of cyclic esters (lactones) is 1. The maximum Gasteiger partial charge on any atom is 0.309 e. The second kappa shape index (κ2) is 12.0. The van der Waals surface area contributed by atoms with E-state index >= 15 is 0 Å². The average Bonchev–Trinajstić information content (AvgIpc) is 3.66. The molecule has 7 heteroatoms. The summed E-state index contributed by atoms with van der Waals surface area (Å²) in [5.74, 6) is 2.27. The van der Waals surface area contributed by atoms with E-state index in [1.165, 1.54) is 6.42 Å². The van der Waals surface area contributed by atoms with E-state index in [2.05, 4.69) is 41.5 Å². The minimum Gasteiger partial charge on any atom is -0.465 e. The van der Waals surface area contributed by atoms with E-state index < -0.39 is 12.2 Å². The number of fused-ring (bicyclic) bond motifs is 5. The summed E-state index contributed by atoms with van der Waals surface area (Å²) in [5, 5.41) is 0. The highest BCUT2D eigenvalue weighted by Gasteiger charge is 2.65. The van der Waals surface area contributed by atoms with Gasteiger partial charge in [0.15, 0.2) is 0 Å². The molecular formula is C35H56O7. The van der Waals surface area contributed by atoms with Crippen LogP contribution in [0.2, 0.25) is 0 Å². The van der Waals surface area contributed by atoms with Gasteiger partial charge in [0.1, 0.15) is 12.2 Å². The molecule has 2 aliphatic heterocycles. The number of epoxide rings is 1. The molecule has 5 aliphatic rings. The standard InChI is InChI=1S/C35H56O7/c1-9-21(19(4)5)32-31(42-32)20(6)23-12-13-24-22-18-39-33(38)26-16-27(40-29(36)10-2)28(41-30(37)11-3)17-35(26,8)25(22)14-15-34(23,24)7/h19-28,31-32H,9-18H2,1-8H3/t20-,21?,22-,23+,24-,25-,26+,27-,28+,31+,32+,34+,35+/m0/s1. The molecule has 7 nitrogen and oxygen atoms in total. The Hall–Kier alpha value is -1.63. The Balaban J connectivity index is 1.38. The van der Waals surface area contributed by atoms with Crippen LogP contribution in [0.25, 0.3) is 0 Å². The summed E-state index contributed by atoms with van der Waals surface area (Å²) < 4.78 is 24.2. The third kappa shape index (κ3) is 5.43. The van der Waals surface area contributed by atoms with Gasteiger partial charge >= 0.3 is 17.9 Å². The lowest BCUT2D eigenvalue weighted by atomic mass is 9.48. The Kier molecular flexibility index (Phi) is 9.12. The van der Waals surface area contributed by atoms with Crippen molar-refractivity contribution >= 4 is 17.9 Å². The molecule has 42 heavy (non-hydrogen) atoms. The van der Waals surface area contributed by atoms with Crippen LogP contribution in [0.5, 0.6) is 0 Å². The molecule has 5 rings (SSSR count). The lowest BCUT2D eigenvalue weighted by Gasteiger charge is -2.56. The number of carbonyl (C=O) groups excluding carboxylic acids is 3. The largest absolute Gasteiger partial charge is 0.465 e. The lowest BCUT2D eigenvalue weighted by Crippen LogP contribution is -2.56. The number of carbonyl (C=O) groups is 3. The van der Waals surface area contributed by atoms with Gasteiger partial charge in [-0.3, -0.25) is 14.4 Å². The van der Waals surface area contributed by atoms with Crippen LogP contribution in [0.3, 0.4) is 0 Å². The summed E-state index contributed by atoms with van der Waals surface area (Å²) in [6.07, 6.45) is 6.68. The molecule has 0 radical (unpaired) electrons. The van der Waals surface area contributed by atoms with E-state index in [9.17, 15) is 14.4 Å². The van der Waals surface area contributed by atoms with Crippen LogP contribution in [0.15, 0.2) is 0 Å². The van der Waals surface area contributed by atoms with Gasteiger partial charge in [0.2, 0.25) is 0 Å². The monoisotopic (exact) mass is 588 g/mol. The Morgan fingerprint density at radius 3 is 2.17 bits per heavy atom. The van der Waals surface area contributed by atoms with E-state index in [1.807, 2.05) is 0 Å². The summed E-state index contributed by atoms with van der Waals surface area (Å²) in [4.78, 5) is 38.4. The first-order valence-corrected chi connectivity index (χ1v) is 17.1. The Labute approximate surface area is 253 Å². The van der Waals surface area contributed by atoms with Crippen molar-refractivity contribution in [3.8, 4) is 0 Å². The lowest BCUT2D eigenvalue weighted by molar-refractivity contribution is -0.190. The zero-order valence-electron chi connectivity index (χ0n) is 27.4. The summed E-state index contributed by atoms with van der Waals surface area (Å²) in [7, 11) is 0. The third-order valence-electron chi connectivity index (χ3n) is 13.0. The molecule has 3 aliphatic carbocycles. The molecule has 0 amide bonds. The van der Waals surface area contributed by atoms with Crippen LogP contribution in [0.1, 0.15) is 113 Å². The molecule has 5 fully saturated rings. The molecule has 0 aromatic rings. The molecular weight excluding hydrogens is 532 g/mol. The fraction of sp³-hybridized carbons (Fsp3) is 0.914. The zero-order chi connectivity index (χ0) is 30.6.